The molecule has 0 aromatic heterocycles. The van der Waals surface area contributed by atoms with Gasteiger partial charge in [0.2, 0.25) is 5.91 Å². The van der Waals surface area contributed by atoms with Crippen molar-refractivity contribution in [1.29, 1.82) is 0 Å². The van der Waals surface area contributed by atoms with Crippen LogP contribution in [0.5, 0.6) is 0 Å². The van der Waals surface area contributed by atoms with E-state index in [2.05, 4.69) is 19.2 Å². The summed E-state index contributed by atoms with van der Waals surface area (Å²) in [4.78, 5) is 11.8. The lowest BCUT2D eigenvalue weighted by molar-refractivity contribution is -0.124. The van der Waals surface area contributed by atoms with Crippen LogP contribution in [-0.2, 0) is 4.79 Å². The number of halogens is 1. The second-order valence-corrected chi connectivity index (χ2v) is 6.29. The average Bonchev–Trinajstić information content (AvgIpc) is 2.88. The lowest BCUT2D eigenvalue weighted by Crippen LogP contribution is -2.49. The number of hydrogen-bond acceptors (Lipinski definition) is 2. The molecule has 3 nitrogen and oxygen atoms in total. The molecule has 100 valence electrons. The quantitative estimate of drug-likeness (QED) is 0.797. The van der Waals surface area contributed by atoms with Crippen LogP contribution in [0.3, 0.4) is 0 Å². The summed E-state index contributed by atoms with van der Waals surface area (Å²) < 4.78 is 0. The van der Waals surface area contributed by atoms with Crippen LogP contribution < -0.4 is 11.1 Å². The van der Waals surface area contributed by atoms with Gasteiger partial charge in [0.25, 0.3) is 0 Å². The molecule has 0 aliphatic heterocycles. The lowest BCUT2D eigenvalue weighted by atomic mass is 9.64. The summed E-state index contributed by atoms with van der Waals surface area (Å²) in [7, 11) is 0. The number of rotatable bonds is 5. The number of nitrogens with one attached hydrogen (secondary N) is 1. The van der Waals surface area contributed by atoms with Crippen molar-refractivity contribution in [3.63, 3.8) is 0 Å². The van der Waals surface area contributed by atoms with Gasteiger partial charge in [0.1, 0.15) is 0 Å². The normalized spacial score (nSPS) is 23.5. The Morgan fingerprint density at radius 1 is 1.29 bits per heavy atom. The molecule has 2 fully saturated rings. The Labute approximate surface area is 110 Å². The predicted octanol–water partition coefficient (Wildman–Crippen LogP) is 2.23. The van der Waals surface area contributed by atoms with Gasteiger partial charge in [0, 0.05) is 6.54 Å². The van der Waals surface area contributed by atoms with E-state index >= 15 is 0 Å². The van der Waals surface area contributed by atoms with Gasteiger partial charge >= 0.3 is 0 Å². The fourth-order valence-electron chi connectivity index (χ4n) is 2.80. The van der Waals surface area contributed by atoms with E-state index in [0.29, 0.717) is 11.3 Å². The second-order valence-electron chi connectivity index (χ2n) is 6.29. The molecular formula is C13H25ClN2O. The van der Waals surface area contributed by atoms with E-state index in [4.69, 9.17) is 5.73 Å². The van der Waals surface area contributed by atoms with Crippen molar-refractivity contribution in [2.75, 3.05) is 6.54 Å². The van der Waals surface area contributed by atoms with Crippen LogP contribution in [0.15, 0.2) is 0 Å². The molecule has 0 aromatic carbocycles. The fourth-order valence-corrected chi connectivity index (χ4v) is 2.80. The smallest absolute Gasteiger partial charge is 0.240 e. The van der Waals surface area contributed by atoms with Crippen LogP contribution in [0.2, 0.25) is 0 Å². The number of amides is 1. The van der Waals surface area contributed by atoms with E-state index in [1.807, 2.05) is 0 Å². The van der Waals surface area contributed by atoms with Crippen molar-refractivity contribution in [1.82, 2.24) is 5.32 Å². The van der Waals surface area contributed by atoms with Crippen molar-refractivity contribution < 1.29 is 4.79 Å². The first-order valence-corrected chi connectivity index (χ1v) is 6.53. The Balaban J connectivity index is 0.00000144. The third-order valence-electron chi connectivity index (χ3n) is 4.12. The zero-order valence-corrected chi connectivity index (χ0v) is 11.7. The molecule has 0 saturated heterocycles. The van der Waals surface area contributed by atoms with Gasteiger partial charge in [-0.2, -0.15) is 0 Å². The minimum atomic E-state index is -0.511. The van der Waals surface area contributed by atoms with Crippen LogP contribution >= 0.6 is 12.4 Å². The topological polar surface area (TPSA) is 55.1 Å². The number of nitrogens with two attached hydrogens (primary N) is 1. The summed E-state index contributed by atoms with van der Waals surface area (Å²) in [5.74, 6) is 0.785. The fraction of sp³-hybridized carbons (Fsp3) is 0.923. The summed E-state index contributed by atoms with van der Waals surface area (Å²) in [5, 5.41) is 3.07. The molecule has 1 amide bonds. The maximum absolute atomic E-state index is 11.8. The number of carbonyl (C=O) groups excluding carboxylic acids is 1. The SMILES string of the molecule is CC(C)CC1(CNC(=O)C2(N)CC2)CCC1.Cl. The summed E-state index contributed by atoms with van der Waals surface area (Å²) >= 11 is 0. The lowest BCUT2D eigenvalue weighted by Gasteiger charge is -2.43. The second kappa shape index (κ2) is 5.15. The van der Waals surface area contributed by atoms with E-state index in [1.54, 1.807) is 0 Å². The molecule has 17 heavy (non-hydrogen) atoms. The molecule has 4 heteroatoms. The minimum absolute atomic E-state index is 0. The van der Waals surface area contributed by atoms with Gasteiger partial charge in [-0.3, -0.25) is 4.79 Å². The van der Waals surface area contributed by atoms with Gasteiger partial charge in [-0.05, 0) is 43.4 Å². The molecule has 0 spiro atoms. The molecule has 2 rings (SSSR count). The van der Waals surface area contributed by atoms with Gasteiger partial charge in [0.15, 0.2) is 0 Å². The highest BCUT2D eigenvalue weighted by Gasteiger charge is 2.47. The molecule has 0 radical (unpaired) electrons. The standard InChI is InChI=1S/C13H24N2O.ClH/c1-10(2)8-12(4-3-5-12)9-15-11(16)13(14)6-7-13;/h10H,3-9,14H2,1-2H3,(H,15,16);1H. The third kappa shape index (κ3) is 3.35. The van der Waals surface area contributed by atoms with E-state index in [9.17, 15) is 4.79 Å². The number of carbonyl (C=O) groups is 1. The predicted molar refractivity (Wildman–Crippen MR) is 72.1 cm³/mol. The molecule has 0 heterocycles. The Hall–Kier alpha value is -0.280. The highest BCUT2D eigenvalue weighted by atomic mass is 35.5. The molecule has 0 bridgehead atoms. The van der Waals surface area contributed by atoms with Gasteiger partial charge in [-0.1, -0.05) is 20.3 Å². The highest BCUT2D eigenvalue weighted by Crippen LogP contribution is 2.45. The average molecular weight is 261 g/mol. The van der Waals surface area contributed by atoms with Gasteiger partial charge < -0.3 is 11.1 Å². The molecule has 2 saturated carbocycles. The molecule has 0 aromatic rings. The van der Waals surface area contributed by atoms with E-state index in [-0.39, 0.29) is 18.3 Å². The number of hydrogen-bond donors (Lipinski definition) is 2. The molecule has 0 atom stereocenters. The van der Waals surface area contributed by atoms with Crippen molar-refractivity contribution in [2.45, 2.75) is 57.9 Å². The Morgan fingerprint density at radius 2 is 1.88 bits per heavy atom. The van der Waals surface area contributed by atoms with Crippen LogP contribution in [0.4, 0.5) is 0 Å². The Morgan fingerprint density at radius 3 is 2.24 bits per heavy atom. The Kier molecular flexibility index (Phi) is 4.48. The van der Waals surface area contributed by atoms with E-state index < -0.39 is 5.54 Å². The van der Waals surface area contributed by atoms with Crippen molar-refractivity contribution >= 4 is 18.3 Å². The molecule has 0 unspecified atom stereocenters. The van der Waals surface area contributed by atoms with Crippen LogP contribution in [0, 0.1) is 11.3 Å². The zero-order valence-electron chi connectivity index (χ0n) is 10.9. The van der Waals surface area contributed by atoms with Crippen molar-refractivity contribution in [3.8, 4) is 0 Å². The first-order valence-electron chi connectivity index (χ1n) is 6.53. The highest BCUT2D eigenvalue weighted by molar-refractivity contribution is 5.89. The van der Waals surface area contributed by atoms with Gasteiger partial charge in [-0.25, -0.2) is 0 Å². The first-order chi connectivity index (χ1) is 7.46. The summed E-state index contributed by atoms with van der Waals surface area (Å²) in [6, 6.07) is 0. The van der Waals surface area contributed by atoms with E-state index in [0.717, 1.165) is 19.4 Å². The largest absolute Gasteiger partial charge is 0.354 e. The monoisotopic (exact) mass is 260 g/mol. The molecular weight excluding hydrogens is 236 g/mol. The molecule has 2 aliphatic rings. The van der Waals surface area contributed by atoms with Crippen molar-refractivity contribution in [2.24, 2.45) is 17.1 Å². The summed E-state index contributed by atoms with van der Waals surface area (Å²) in [6.07, 6.45) is 6.79. The molecule has 2 aliphatic carbocycles. The van der Waals surface area contributed by atoms with Crippen LogP contribution in [-0.4, -0.2) is 18.0 Å². The van der Waals surface area contributed by atoms with Crippen LogP contribution in [0.1, 0.15) is 52.4 Å². The van der Waals surface area contributed by atoms with Gasteiger partial charge in [0.05, 0.1) is 5.54 Å². The summed E-state index contributed by atoms with van der Waals surface area (Å²) in [6.45, 7) is 5.35. The Bertz CT molecular complexity index is 283. The first kappa shape index (κ1) is 14.8. The van der Waals surface area contributed by atoms with E-state index in [1.165, 1.54) is 25.7 Å². The summed E-state index contributed by atoms with van der Waals surface area (Å²) in [5.41, 5.74) is 5.74. The van der Waals surface area contributed by atoms with Crippen LogP contribution in [0.25, 0.3) is 0 Å². The van der Waals surface area contributed by atoms with Crippen molar-refractivity contribution in [3.05, 3.63) is 0 Å². The third-order valence-corrected chi connectivity index (χ3v) is 4.12. The maximum atomic E-state index is 11.8. The van der Waals surface area contributed by atoms with Gasteiger partial charge in [-0.15, -0.1) is 12.4 Å². The zero-order chi connectivity index (χ0) is 11.8. The maximum Gasteiger partial charge on any atom is 0.240 e. The molecule has 3 N–H and O–H groups in total. The minimum Gasteiger partial charge on any atom is -0.354 e.